The van der Waals surface area contributed by atoms with Crippen LogP contribution in [0.1, 0.15) is 24.8 Å². The Morgan fingerprint density at radius 2 is 2.20 bits per heavy atom. The largest absolute Gasteiger partial charge is 0.497 e. The highest BCUT2D eigenvalue weighted by molar-refractivity contribution is 5.40. The number of methoxy groups -OCH3 is 1. The Bertz CT molecular complexity index is 439. The Morgan fingerprint density at radius 1 is 1.30 bits per heavy atom. The molecular formula is C16H23NO3. The molecule has 1 aromatic rings. The predicted molar refractivity (Wildman–Crippen MR) is 77.3 cm³/mol. The molecule has 1 aliphatic carbocycles. The normalized spacial score (nSPS) is 21.9. The lowest BCUT2D eigenvalue weighted by atomic mass is 10.1. The lowest BCUT2D eigenvalue weighted by molar-refractivity contribution is 0.166. The molecule has 0 radical (unpaired) electrons. The maximum absolute atomic E-state index is 6.02. The highest BCUT2D eigenvalue weighted by atomic mass is 16.5. The van der Waals surface area contributed by atoms with Crippen LogP contribution in [-0.2, 0) is 11.3 Å². The molecule has 4 nitrogen and oxygen atoms in total. The van der Waals surface area contributed by atoms with Crippen LogP contribution in [0.4, 0.5) is 0 Å². The van der Waals surface area contributed by atoms with Gasteiger partial charge in [0, 0.05) is 36.7 Å². The Labute approximate surface area is 120 Å². The van der Waals surface area contributed by atoms with Crippen LogP contribution >= 0.6 is 0 Å². The van der Waals surface area contributed by atoms with Crippen molar-refractivity contribution in [3.63, 3.8) is 0 Å². The molecule has 0 aromatic heterocycles. The van der Waals surface area contributed by atoms with Crippen LogP contribution in [0, 0.1) is 5.92 Å². The fraction of sp³-hybridized carbons (Fsp3) is 0.625. The molecule has 1 heterocycles. The van der Waals surface area contributed by atoms with E-state index in [4.69, 9.17) is 14.2 Å². The third kappa shape index (κ3) is 3.64. The van der Waals surface area contributed by atoms with Gasteiger partial charge < -0.3 is 19.5 Å². The van der Waals surface area contributed by atoms with Crippen molar-refractivity contribution in [2.24, 2.45) is 5.92 Å². The van der Waals surface area contributed by atoms with E-state index in [9.17, 15) is 0 Å². The Balaban J connectivity index is 1.63. The van der Waals surface area contributed by atoms with Crippen molar-refractivity contribution in [2.75, 3.05) is 26.9 Å². The van der Waals surface area contributed by atoms with Gasteiger partial charge in [-0.2, -0.15) is 0 Å². The average Bonchev–Trinajstić information content (AvgIpc) is 3.17. The van der Waals surface area contributed by atoms with Crippen LogP contribution < -0.4 is 14.8 Å². The van der Waals surface area contributed by atoms with Crippen LogP contribution in [0.25, 0.3) is 0 Å². The van der Waals surface area contributed by atoms with Crippen LogP contribution in [0.5, 0.6) is 11.5 Å². The highest BCUT2D eigenvalue weighted by Gasteiger charge is 2.21. The minimum absolute atomic E-state index is 0.519. The minimum atomic E-state index is 0.519. The van der Waals surface area contributed by atoms with Crippen molar-refractivity contribution in [3.8, 4) is 11.5 Å². The maximum atomic E-state index is 6.02. The average molecular weight is 277 g/mol. The minimum Gasteiger partial charge on any atom is -0.497 e. The molecule has 20 heavy (non-hydrogen) atoms. The first-order chi connectivity index (χ1) is 9.85. The first-order valence-corrected chi connectivity index (χ1v) is 7.46. The molecule has 1 N–H and O–H groups in total. The summed E-state index contributed by atoms with van der Waals surface area (Å²) in [7, 11) is 1.69. The molecule has 1 saturated heterocycles. The van der Waals surface area contributed by atoms with Gasteiger partial charge >= 0.3 is 0 Å². The zero-order valence-corrected chi connectivity index (χ0v) is 12.1. The van der Waals surface area contributed by atoms with E-state index in [2.05, 4.69) is 11.4 Å². The standard InChI is InChI=1S/C16H23NO3/c1-18-15-5-2-13(9-17-14-3-4-14)16(8-15)20-11-12-6-7-19-10-12/h2,5,8,12,14,17H,3-4,6-7,9-11H2,1H3. The van der Waals surface area contributed by atoms with Gasteiger partial charge in [-0.15, -0.1) is 0 Å². The van der Waals surface area contributed by atoms with E-state index in [0.717, 1.165) is 44.3 Å². The molecule has 1 atom stereocenters. The molecule has 1 aliphatic heterocycles. The van der Waals surface area contributed by atoms with E-state index in [0.29, 0.717) is 12.0 Å². The zero-order valence-electron chi connectivity index (χ0n) is 12.1. The molecule has 2 fully saturated rings. The Kier molecular flexibility index (Phi) is 4.43. The van der Waals surface area contributed by atoms with Gasteiger partial charge in [-0.05, 0) is 25.3 Å². The van der Waals surface area contributed by atoms with E-state index < -0.39 is 0 Å². The summed E-state index contributed by atoms with van der Waals surface area (Å²) < 4.78 is 16.7. The van der Waals surface area contributed by atoms with E-state index in [1.54, 1.807) is 7.11 Å². The number of hydrogen-bond donors (Lipinski definition) is 1. The van der Waals surface area contributed by atoms with Crippen molar-refractivity contribution in [1.82, 2.24) is 5.32 Å². The summed E-state index contributed by atoms with van der Waals surface area (Å²) in [4.78, 5) is 0. The monoisotopic (exact) mass is 277 g/mol. The Hall–Kier alpha value is -1.26. The smallest absolute Gasteiger partial charge is 0.127 e. The van der Waals surface area contributed by atoms with Gasteiger partial charge in [0.15, 0.2) is 0 Å². The molecule has 0 amide bonds. The van der Waals surface area contributed by atoms with Crippen LogP contribution in [0.2, 0.25) is 0 Å². The number of rotatable bonds is 7. The summed E-state index contributed by atoms with van der Waals surface area (Å²) in [5, 5.41) is 3.53. The number of hydrogen-bond acceptors (Lipinski definition) is 4. The molecule has 1 unspecified atom stereocenters. The van der Waals surface area contributed by atoms with Gasteiger partial charge in [-0.3, -0.25) is 0 Å². The summed E-state index contributed by atoms with van der Waals surface area (Å²) >= 11 is 0. The quantitative estimate of drug-likeness (QED) is 0.830. The lowest BCUT2D eigenvalue weighted by Crippen LogP contribution is -2.17. The molecule has 2 aliphatic rings. The van der Waals surface area contributed by atoms with Crippen molar-refractivity contribution < 1.29 is 14.2 Å². The van der Waals surface area contributed by atoms with Gasteiger partial charge in [-0.1, -0.05) is 6.07 Å². The van der Waals surface area contributed by atoms with Crippen molar-refractivity contribution in [1.29, 1.82) is 0 Å². The zero-order chi connectivity index (χ0) is 13.8. The third-order valence-corrected chi connectivity index (χ3v) is 3.93. The third-order valence-electron chi connectivity index (χ3n) is 3.93. The first-order valence-electron chi connectivity index (χ1n) is 7.46. The Morgan fingerprint density at radius 3 is 2.90 bits per heavy atom. The van der Waals surface area contributed by atoms with Crippen molar-refractivity contribution in [2.45, 2.75) is 31.8 Å². The van der Waals surface area contributed by atoms with Gasteiger partial charge in [0.25, 0.3) is 0 Å². The molecule has 3 rings (SSSR count). The number of ether oxygens (including phenoxy) is 3. The number of nitrogens with one attached hydrogen (secondary N) is 1. The first kappa shape index (κ1) is 13.7. The van der Waals surface area contributed by atoms with Gasteiger partial charge in [-0.25, -0.2) is 0 Å². The van der Waals surface area contributed by atoms with Gasteiger partial charge in [0.05, 0.1) is 20.3 Å². The maximum Gasteiger partial charge on any atom is 0.127 e. The van der Waals surface area contributed by atoms with Gasteiger partial charge in [0.2, 0.25) is 0 Å². The lowest BCUT2D eigenvalue weighted by Gasteiger charge is -2.15. The van der Waals surface area contributed by atoms with Crippen LogP contribution in [-0.4, -0.2) is 33.0 Å². The van der Waals surface area contributed by atoms with Crippen LogP contribution in [0.15, 0.2) is 18.2 Å². The van der Waals surface area contributed by atoms with Crippen molar-refractivity contribution >= 4 is 0 Å². The van der Waals surface area contributed by atoms with E-state index in [1.165, 1.54) is 18.4 Å². The number of benzene rings is 1. The highest BCUT2D eigenvalue weighted by Crippen LogP contribution is 2.27. The second kappa shape index (κ2) is 6.46. The van der Waals surface area contributed by atoms with E-state index in [1.807, 2.05) is 12.1 Å². The summed E-state index contributed by atoms with van der Waals surface area (Å²) in [6.45, 7) is 3.27. The molecule has 110 valence electrons. The summed E-state index contributed by atoms with van der Waals surface area (Å²) in [5.74, 6) is 2.30. The molecule has 0 spiro atoms. The summed E-state index contributed by atoms with van der Waals surface area (Å²) in [6.07, 6.45) is 3.69. The second-order valence-electron chi connectivity index (χ2n) is 5.67. The van der Waals surface area contributed by atoms with Gasteiger partial charge in [0.1, 0.15) is 11.5 Å². The van der Waals surface area contributed by atoms with E-state index in [-0.39, 0.29) is 0 Å². The molecule has 0 bridgehead atoms. The summed E-state index contributed by atoms with van der Waals surface area (Å²) in [6, 6.07) is 6.78. The molecule has 1 saturated carbocycles. The summed E-state index contributed by atoms with van der Waals surface area (Å²) in [5.41, 5.74) is 1.21. The van der Waals surface area contributed by atoms with Crippen molar-refractivity contribution in [3.05, 3.63) is 23.8 Å². The fourth-order valence-corrected chi connectivity index (χ4v) is 2.41. The second-order valence-corrected chi connectivity index (χ2v) is 5.67. The molecule has 1 aromatic carbocycles. The predicted octanol–water partition coefficient (Wildman–Crippen LogP) is 2.36. The topological polar surface area (TPSA) is 39.7 Å². The molecular weight excluding hydrogens is 254 g/mol. The van der Waals surface area contributed by atoms with E-state index >= 15 is 0 Å². The molecule has 4 heteroatoms. The SMILES string of the molecule is COc1ccc(CNC2CC2)c(OCC2CCOC2)c1. The fourth-order valence-electron chi connectivity index (χ4n) is 2.41. The van der Waals surface area contributed by atoms with Crippen LogP contribution in [0.3, 0.4) is 0 Å².